The number of aliphatic imine (C=N–C) groups is 1. The Bertz CT molecular complexity index is 1140. The monoisotopic (exact) mass is 562 g/mol. The van der Waals surface area contributed by atoms with E-state index in [1.807, 2.05) is 4.90 Å². The van der Waals surface area contributed by atoms with E-state index >= 15 is 0 Å². The highest BCUT2D eigenvalue weighted by Gasteiger charge is 2.46. The molecule has 2 heterocycles. The molecular formula is C25H30N4O9S. The summed E-state index contributed by atoms with van der Waals surface area (Å²) in [6, 6.07) is 5.23. The maximum Gasteiger partial charge on any atom is 0.508 e. The van der Waals surface area contributed by atoms with Crippen molar-refractivity contribution in [2.45, 2.75) is 50.7 Å². The van der Waals surface area contributed by atoms with Crippen molar-refractivity contribution >= 4 is 46.6 Å². The molecule has 4 atom stereocenters. The van der Waals surface area contributed by atoms with E-state index in [-0.39, 0.29) is 41.6 Å². The van der Waals surface area contributed by atoms with Gasteiger partial charge in [0.05, 0.1) is 16.9 Å². The average molecular weight is 563 g/mol. The van der Waals surface area contributed by atoms with Crippen molar-refractivity contribution in [3.05, 3.63) is 52.6 Å². The van der Waals surface area contributed by atoms with Crippen LogP contribution in [0, 0.1) is 16.0 Å². The van der Waals surface area contributed by atoms with Gasteiger partial charge in [0.15, 0.2) is 5.12 Å². The van der Waals surface area contributed by atoms with Crippen LogP contribution in [0.1, 0.15) is 32.3 Å². The lowest BCUT2D eigenvalue weighted by Gasteiger charge is -2.39. The number of amides is 2. The summed E-state index contributed by atoms with van der Waals surface area (Å²) in [4.78, 5) is 64.5. The predicted molar refractivity (Wildman–Crippen MR) is 141 cm³/mol. The van der Waals surface area contributed by atoms with Gasteiger partial charge in [0.2, 0.25) is 5.91 Å². The van der Waals surface area contributed by atoms with Crippen molar-refractivity contribution in [1.29, 1.82) is 0 Å². The SMILES string of the molecule is C=CCOC(=O)O[C@H](C)[C@H]1C(=O)N[C@@H]1CC(=O)S[C@H]1CCN(C(C)=NC(=O)OCc2ccc([N+](=O)[O-])cc2)C1. The summed E-state index contributed by atoms with van der Waals surface area (Å²) in [5, 5.41) is 13.3. The van der Waals surface area contributed by atoms with Crippen LogP contribution in [0.25, 0.3) is 0 Å². The lowest BCUT2D eigenvalue weighted by molar-refractivity contribution is -0.384. The van der Waals surface area contributed by atoms with Crippen molar-refractivity contribution in [3.63, 3.8) is 0 Å². The third kappa shape index (κ3) is 8.53. The highest BCUT2D eigenvalue weighted by atomic mass is 32.2. The molecule has 14 heteroatoms. The largest absolute Gasteiger partial charge is 0.508 e. The minimum absolute atomic E-state index is 0.00702. The predicted octanol–water partition coefficient (Wildman–Crippen LogP) is 3.22. The minimum Gasteiger partial charge on any atom is -0.443 e. The van der Waals surface area contributed by atoms with E-state index in [0.29, 0.717) is 30.9 Å². The number of nitrogens with zero attached hydrogens (tertiary/aromatic N) is 3. The molecule has 2 saturated heterocycles. The van der Waals surface area contributed by atoms with E-state index in [9.17, 15) is 29.3 Å². The molecule has 0 spiro atoms. The van der Waals surface area contributed by atoms with Crippen LogP contribution in [0.4, 0.5) is 15.3 Å². The molecule has 0 radical (unpaired) electrons. The molecule has 1 aromatic rings. The van der Waals surface area contributed by atoms with Crippen LogP contribution in [-0.4, -0.2) is 76.0 Å². The molecule has 2 aliphatic rings. The lowest BCUT2D eigenvalue weighted by Crippen LogP contribution is -2.62. The molecule has 13 nitrogen and oxygen atoms in total. The third-order valence-corrected chi connectivity index (χ3v) is 7.37. The minimum atomic E-state index is -0.903. The highest BCUT2D eigenvalue weighted by Crippen LogP contribution is 2.30. The van der Waals surface area contributed by atoms with Gasteiger partial charge in [-0.25, -0.2) is 9.59 Å². The summed E-state index contributed by atoms with van der Waals surface area (Å²) in [6.07, 6.45) is -0.242. The Morgan fingerprint density at radius 3 is 2.67 bits per heavy atom. The lowest BCUT2D eigenvalue weighted by atomic mass is 9.84. The number of benzene rings is 1. The summed E-state index contributed by atoms with van der Waals surface area (Å²) in [6.45, 7) is 7.74. The van der Waals surface area contributed by atoms with Crippen molar-refractivity contribution < 1.29 is 38.3 Å². The van der Waals surface area contributed by atoms with E-state index in [1.54, 1.807) is 13.8 Å². The topological polar surface area (TPSA) is 167 Å². The molecule has 3 rings (SSSR count). The van der Waals surface area contributed by atoms with Crippen LogP contribution in [-0.2, 0) is 30.4 Å². The second kappa shape index (κ2) is 13.7. The second-order valence-corrected chi connectivity index (χ2v) is 10.4. The fraction of sp³-hybridized carbons (Fsp3) is 0.480. The Morgan fingerprint density at radius 1 is 1.31 bits per heavy atom. The number of carbonyl (C=O) groups excluding carboxylic acids is 4. The van der Waals surface area contributed by atoms with Gasteiger partial charge in [-0.05, 0) is 38.0 Å². The van der Waals surface area contributed by atoms with Crippen molar-refractivity contribution in [2.75, 3.05) is 19.7 Å². The maximum absolute atomic E-state index is 12.7. The normalized spacial score (nSPS) is 21.3. The quantitative estimate of drug-likeness (QED) is 0.0846. The second-order valence-electron chi connectivity index (χ2n) is 9.00. The van der Waals surface area contributed by atoms with Gasteiger partial charge in [-0.1, -0.05) is 24.4 Å². The van der Waals surface area contributed by atoms with E-state index in [0.717, 1.165) is 0 Å². The standard InChI is InChI=1S/C25H30N4O9S/c1-4-11-36-25(33)38-15(2)22-20(27-23(22)31)12-21(30)39-19-9-10-28(13-19)16(3)26-24(32)37-14-17-5-7-18(8-6-17)29(34)35/h4-8,15,19-20,22H,1,9-14H2,2-3H3,(H,27,31)/t15-,19+,20-,22-/m1/s1. The smallest absolute Gasteiger partial charge is 0.443 e. The number of β-lactam (4-membered cyclic amide) rings is 1. The number of non-ortho nitro benzene ring substituents is 1. The molecule has 0 bridgehead atoms. The van der Waals surface area contributed by atoms with Crippen LogP contribution >= 0.6 is 11.8 Å². The number of likely N-dealkylation sites (tertiary alicyclic amines) is 1. The Balaban J connectivity index is 1.41. The van der Waals surface area contributed by atoms with Gasteiger partial charge in [0, 0.05) is 36.9 Å². The summed E-state index contributed by atoms with van der Waals surface area (Å²) in [7, 11) is 0. The van der Waals surface area contributed by atoms with Crippen LogP contribution in [0.15, 0.2) is 41.9 Å². The Hall–Kier alpha value is -3.94. The molecule has 2 aliphatic heterocycles. The zero-order chi connectivity index (χ0) is 28.5. The number of thioether (sulfide) groups is 1. The molecule has 0 saturated carbocycles. The Labute approximate surface area is 229 Å². The van der Waals surface area contributed by atoms with E-state index in [2.05, 4.69) is 16.9 Å². The molecule has 0 aliphatic carbocycles. The van der Waals surface area contributed by atoms with Crippen LogP contribution in [0.3, 0.4) is 0 Å². The number of nitro groups is 1. The number of hydrogen-bond acceptors (Lipinski definition) is 10. The molecule has 39 heavy (non-hydrogen) atoms. The summed E-state index contributed by atoms with van der Waals surface area (Å²) in [5.74, 6) is -0.474. The number of nitrogens with one attached hydrogen (secondary N) is 1. The zero-order valence-corrected chi connectivity index (χ0v) is 22.4. The molecule has 2 fully saturated rings. The summed E-state index contributed by atoms with van der Waals surface area (Å²) < 4.78 is 15.0. The van der Waals surface area contributed by atoms with Gasteiger partial charge in [-0.2, -0.15) is 4.99 Å². The van der Waals surface area contributed by atoms with Gasteiger partial charge in [0.1, 0.15) is 25.2 Å². The van der Waals surface area contributed by atoms with E-state index in [1.165, 1.54) is 42.1 Å². The van der Waals surface area contributed by atoms with E-state index in [4.69, 9.17) is 14.2 Å². The van der Waals surface area contributed by atoms with Crippen molar-refractivity contribution in [2.24, 2.45) is 10.9 Å². The Kier molecular flexibility index (Phi) is 10.4. The van der Waals surface area contributed by atoms with E-state index < -0.39 is 35.2 Å². The fourth-order valence-corrected chi connectivity index (χ4v) is 5.31. The van der Waals surface area contributed by atoms with Crippen molar-refractivity contribution in [3.8, 4) is 0 Å². The first-order valence-electron chi connectivity index (χ1n) is 12.2. The van der Waals surface area contributed by atoms with Crippen LogP contribution in [0.5, 0.6) is 0 Å². The molecule has 0 aromatic heterocycles. The van der Waals surface area contributed by atoms with Gasteiger partial charge >= 0.3 is 12.2 Å². The number of nitro benzene ring substituents is 1. The van der Waals surface area contributed by atoms with Gasteiger partial charge in [-0.15, -0.1) is 0 Å². The molecule has 210 valence electrons. The maximum atomic E-state index is 12.7. The fourth-order valence-electron chi connectivity index (χ4n) is 4.19. The number of carbonyl (C=O) groups is 4. The van der Waals surface area contributed by atoms with Gasteiger partial charge in [0.25, 0.3) is 5.69 Å². The van der Waals surface area contributed by atoms with Gasteiger partial charge < -0.3 is 24.4 Å². The molecule has 0 unspecified atom stereocenters. The first-order valence-corrected chi connectivity index (χ1v) is 13.1. The van der Waals surface area contributed by atoms with Crippen LogP contribution in [0.2, 0.25) is 0 Å². The van der Waals surface area contributed by atoms with Crippen molar-refractivity contribution in [1.82, 2.24) is 10.2 Å². The molecule has 1 N–H and O–H groups in total. The zero-order valence-electron chi connectivity index (χ0n) is 21.6. The summed E-state index contributed by atoms with van der Waals surface area (Å²) >= 11 is 1.18. The number of rotatable bonds is 10. The number of amidine groups is 1. The third-order valence-electron chi connectivity index (χ3n) is 6.22. The molecule has 1 aromatic carbocycles. The summed E-state index contributed by atoms with van der Waals surface area (Å²) in [5.41, 5.74) is 0.539. The van der Waals surface area contributed by atoms with Crippen LogP contribution < -0.4 is 5.32 Å². The highest BCUT2D eigenvalue weighted by molar-refractivity contribution is 8.14. The number of ether oxygens (including phenoxy) is 3. The average Bonchev–Trinajstić information content (AvgIpc) is 3.34. The first-order chi connectivity index (χ1) is 18.6. The first kappa shape index (κ1) is 29.6. The molecular weight excluding hydrogens is 532 g/mol. The van der Waals surface area contributed by atoms with Gasteiger partial charge in [-0.3, -0.25) is 19.7 Å². The molecule has 2 amide bonds. The number of hydrogen-bond donors (Lipinski definition) is 1. The Morgan fingerprint density at radius 2 is 2.03 bits per heavy atom.